The molecule has 2 heterocycles. The molecule has 0 saturated heterocycles. The SMILES string of the molecule is CC(C)CCSc1nc(-c2ccc([N+](=O)[O-])cc2)nc2c1c(=O)n(C)c(=O)n2C. The molecule has 0 saturated carbocycles. The van der Waals surface area contributed by atoms with Crippen LogP contribution < -0.4 is 11.2 Å². The van der Waals surface area contributed by atoms with Gasteiger partial charge in [0, 0.05) is 31.8 Å². The molecule has 2 aromatic heterocycles. The maximum absolute atomic E-state index is 12.8. The number of nitrogens with zero attached hydrogens (tertiary/aromatic N) is 5. The first kappa shape index (κ1) is 20.7. The summed E-state index contributed by atoms with van der Waals surface area (Å²) >= 11 is 1.44. The second-order valence-electron chi connectivity index (χ2n) is 7.09. The van der Waals surface area contributed by atoms with Crippen molar-refractivity contribution in [2.24, 2.45) is 20.0 Å². The van der Waals surface area contributed by atoms with Crippen molar-refractivity contribution in [3.63, 3.8) is 0 Å². The molecule has 0 bridgehead atoms. The highest BCUT2D eigenvalue weighted by Gasteiger charge is 2.18. The van der Waals surface area contributed by atoms with Gasteiger partial charge in [0.25, 0.3) is 11.2 Å². The van der Waals surface area contributed by atoms with E-state index in [4.69, 9.17) is 0 Å². The Labute approximate surface area is 170 Å². The first-order valence-electron chi connectivity index (χ1n) is 9.06. The fraction of sp³-hybridized carbons (Fsp3) is 0.368. The lowest BCUT2D eigenvalue weighted by atomic mass is 10.2. The van der Waals surface area contributed by atoms with Gasteiger partial charge in [-0.2, -0.15) is 0 Å². The van der Waals surface area contributed by atoms with Gasteiger partial charge in [-0.25, -0.2) is 14.8 Å². The highest BCUT2D eigenvalue weighted by atomic mass is 32.2. The van der Waals surface area contributed by atoms with Gasteiger partial charge in [-0.05, 0) is 30.2 Å². The fourth-order valence-electron chi connectivity index (χ4n) is 2.79. The Morgan fingerprint density at radius 3 is 2.34 bits per heavy atom. The third-order valence-electron chi connectivity index (χ3n) is 4.54. The van der Waals surface area contributed by atoms with Gasteiger partial charge in [-0.3, -0.25) is 24.0 Å². The molecule has 0 aliphatic heterocycles. The molecule has 0 unspecified atom stereocenters. The monoisotopic (exact) mass is 415 g/mol. The van der Waals surface area contributed by atoms with Crippen LogP contribution in [0.2, 0.25) is 0 Å². The van der Waals surface area contributed by atoms with Gasteiger partial charge in [0.05, 0.1) is 4.92 Å². The number of fused-ring (bicyclic) bond motifs is 1. The lowest BCUT2D eigenvalue weighted by Gasteiger charge is -2.12. The Kier molecular flexibility index (Phi) is 5.83. The molecule has 3 aromatic rings. The standard InChI is InChI=1S/C19H21N5O4S/c1-11(2)9-10-29-17-14-16(22(3)19(26)23(4)18(14)25)20-15(21-17)12-5-7-13(8-6-12)24(27)28/h5-8,11H,9-10H2,1-4H3. The van der Waals surface area contributed by atoms with Crippen molar-refractivity contribution < 1.29 is 4.92 Å². The molecule has 0 atom stereocenters. The van der Waals surface area contributed by atoms with E-state index in [-0.39, 0.29) is 11.3 Å². The van der Waals surface area contributed by atoms with Crippen LogP contribution in [0.3, 0.4) is 0 Å². The zero-order valence-electron chi connectivity index (χ0n) is 16.6. The first-order chi connectivity index (χ1) is 13.7. The first-order valence-corrected chi connectivity index (χ1v) is 10.0. The Morgan fingerprint density at radius 1 is 1.10 bits per heavy atom. The molecule has 0 fully saturated rings. The van der Waals surface area contributed by atoms with Crippen molar-refractivity contribution in [1.29, 1.82) is 0 Å². The van der Waals surface area contributed by atoms with Crippen molar-refractivity contribution in [3.8, 4) is 11.4 Å². The Hall–Kier alpha value is -3.01. The summed E-state index contributed by atoms with van der Waals surface area (Å²) in [6, 6.07) is 5.86. The van der Waals surface area contributed by atoms with Crippen LogP contribution in [0.4, 0.5) is 5.69 Å². The number of aryl methyl sites for hydroxylation is 1. The van der Waals surface area contributed by atoms with Crippen LogP contribution in [0.1, 0.15) is 20.3 Å². The number of non-ortho nitro benzene ring substituents is 1. The van der Waals surface area contributed by atoms with Crippen molar-refractivity contribution in [3.05, 3.63) is 55.2 Å². The molecule has 0 amide bonds. The lowest BCUT2D eigenvalue weighted by molar-refractivity contribution is -0.384. The lowest BCUT2D eigenvalue weighted by Crippen LogP contribution is -2.37. The molecule has 0 aliphatic carbocycles. The molecule has 152 valence electrons. The zero-order valence-corrected chi connectivity index (χ0v) is 17.4. The molecular formula is C19H21N5O4S. The highest BCUT2D eigenvalue weighted by molar-refractivity contribution is 7.99. The number of nitro groups is 1. The molecular weight excluding hydrogens is 394 g/mol. The van der Waals surface area contributed by atoms with Crippen LogP contribution in [-0.2, 0) is 14.1 Å². The Bertz CT molecular complexity index is 1200. The summed E-state index contributed by atoms with van der Waals surface area (Å²) < 4.78 is 2.36. The van der Waals surface area contributed by atoms with Crippen LogP contribution in [0.5, 0.6) is 0 Å². The normalized spacial score (nSPS) is 11.3. The van der Waals surface area contributed by atoms with E-state index in [1.807, 2.05) is 0 Å². The molecule has 10 heteroatoms. The summed E-state index contributed by atoms with van der Waals surface area (Å²) in [6.45, 7) is 4.23. The minimum absolute atomic E-state index is 0.0395. The van der Waals surface area contributed by atoms with Crippen LogP contribution in [0.25, 0.3) is 22.4 Å². The summed E-state index contributed by atoms with van der Waals surface area (Å²) in [7, 11) is 2.98. The summed E-state index contributed by atoms with van der Waals surface area (Å²) in [5.74, 6) is 1.56. The number of aromatic nitrogens is 4. The zero-order chi connectivity index (χ0) is 21.3. The van der Waals surface area contributed by atoms with Gasteiger partial charge in [0.15, 0.2) is 11.5 Å². The van der Waals surface area contributed by atoms with E-state index >= 15 is 0 Å². The van der Waals surface area contributed by atoms with Gasteiger partial charge in [0.2, 0.25) is 0 Å². The van der Waals surface area contributed by atoms with Crippen LogP contribution >= 0.6 is 11.8 Å². The predicted octanol–water partition coefficient (Wildman–Crippen LogP) is 2.74. The van der Waals surface area contributed by atoms with E-state index in [0.29, 0.717) is 27.7 Å². The van der Waals surface area contributed by atoms with Crippen molar-refractivity contribution in [2.45, 2.75) is 25.3 Å². The predicted molar refractivity (Wildman–Crippen MR) is 112 cm³/mol. The summed E-state index contributed by atoms with van der Waals surface area (Å²) in [5, 5.41) is 11.7. The largest absolute Gasteiger partial charge is 0.332 e. The second kappa shape index (κ2) is 8.16. The van der Waals surface area contributed by atoms with Crippen molar-refractivity contribution in [2.75, 3.05) is 5.75 Å². The summed E-state index contributed by atoms with van der Waals surface area (Å²) in [5.41, 5.74) is -0.147. The van der Waals surface area contributed by atoms with E-state index in [2.05, 4.69) is 23.8 Å². The number of hydrogen-bond acceptors (Lipinski definition) is 7. The van der Waals surface area contributed by atoms with Crippen LogP contribution in [0.15, 0.2) is 38.9 Å². The van der Waals surface area contributed by atoms with Crippen molar-refractivity contribution >= 4 is 28.5 Å². The molecule has 0 spiro atoms. The third-order valence-corrected chi connectivity index (χ3v) is 5.55. The van der Waals surface area contributed by atoms with E-state index in [9.17, 15) is 19.7 Å². The van der Waals surface area contributed by atoms with E-state index in [1.165, 1.54) is 35.5 Å². The number of hydrogen-bond donors (Lipinski definition) is 0. The topological polar surface area (TPSA) is 113 Å². The summed E-state index contributed by atoms with van der Waals surface area (Å²) in [6.07, 6.45) is 0.940. The van der Waals surface area contributed by atoms with Gasteiger partial charge in [-0.15, -0.1) is 11.8 Å². The van der Waals surface area contributed by atoms with Crippen LogP contribution in [-0.4, -0.2) is 29.8 Å². The van der Waals surface area contributed by atoms with E-state index < -0.39 is 16.2 Å². The molecule has 0 N–H and O–H groups in total. The molecule has 9 nitrogen and oxygen atoms in total. The Balaban J connectivity index is 2.23. The fourth-order valence-corrected chi connectivity index (χ4v) is 4.04. The average Bonchev–Trinajstić information content (AvgIpc) is 2.69. The van der Waals surface area contributed by atoms with Crippen LogP contribution in [0, 0.1) is 16.0 Å². The second-order valence-corrected chi connectivity index (χ2v) is 8.18. The number of rotatable bonds is 6. The number of benzene rings is 1. The number of nitro benzene ring substituents is 1. The minimum Gasteiger partial charge on any atom is -0.280 e. The smallest absolute Gasteiger partial charge is 0.280 e. The number of thioether (sulfide) groups is 1. The molecule has 29 heavy (non-hydrogen) atoms. The van der Waals surface area contributed by atoms with Gasteiger partial charge >= 0.3 is 5.69 Å². The highest BCUT2D eigenvalue weighted by Crippen LogP contribution is 2.28. The average molecular weight is 415 g/mol. The Morgan fingerprint density at radius 2 is 1.76 bits per heavy atom. The third kappa shape index (κ3) is 4.07. The van der Waals surface area contributed by atoms with Gasteiger partial charge in [-0.1, -0.05) is 13.8 Å². The molecule has 0 radical (unpaired) electrons. The minimum atomic E-state index is -0.481. The molecule has 0 aliphatic rings. The van der Waals surface area contributed by atoms with E-state index in [1.54, 1.807) is 19.2 Å². The molecule has 3 rings (SSSR count). The quantitative estimate of drug-likeness (QED) is 0.263. The summed E-state index contributed by atoms with van der Waals surface area (Å²) in [4.78, 5) is 44.6. The molecule has 1 aromatic carbocycles. The van der Waals surface area contributed by atoms with Crippen molar-refractivity contribution in [1.82, 2.24) is 19.1 Å². The van der Waals surface area contributed by atoms with E-state index in [0.717, 1.165) is 16.7 Å². The maximum Gasteiger partial charge on any atom is 0.332 e. The van der Waals surface area contributed by atoms with Gasteiger partial charge < -0.3 is 0 Å². The van der Waals surface area contributed by atoms with Gasteiger partial charge in [0.1, 0.15) is 10.4 Å². The maximum atomic E-state index is 12.8.